The van der Waals surface area contributed by atoms with Crippen LogP contribution >= 0.6 is 39.3 Å². The Balaban J connectivity index is 1.35. The molecule has 0 aromatic heterocycles. The number of thioether (sulfide) groups is 1. The molecule has 39 heavy (non-hydrogen) atoms. The quantitative estimate of drug-likeness (QED) is 0.254. The Morgan fingerprint density at radius 3 is 2.54 bits per heavy atom. The summed E-state index contributed by atoms with van der Waals surface area (Å²) < 4.78 is 17.4. The van der Waals surface area contributed by atoms with Crippen molar-refractivity contribution in [2.45, 2.75) is 6.92 Å². The molecule has 0 atom stereocenters. The van der Waals surface area contributed by atoms with Gasteiger partial charge in [0.25, 0.3) is 17.1 Å². The fourth-order valence-corrected chi connectivity index (χ4v) is 4.83. The molecule has 1 aliphatic heterocycles. The Morgan fingerprint density at radius 1 is 1.05 bits per heavy atom. The third-order valence-corrected chi connectivity index (χ3v) is 7.67. The maximum atomic E-state index is 12.8. The first-order chi connectivity index (χ1) is 18.7. The molecule has 0 aliphatic carbocycles. The van der Waals surface area contributed by atoms with Gasteiger partial charge in [0, 0.05) is 10.2 Å². The molecular weight excluding hydrogens is 608 g/mol. The van der Waals surface area contributed by atoms with Crippen LogP contribution in [-0.4, -0.2) is 48.8 Å². The number of hydrogen-bond donors (Lipinski definition) is 1. The van der Waals surface area contributed by atoms with Gasteiger partial charge in [-0.3, -0.25) is 19.3 Å². The molecule has 1 heterocycles. The van der Waals surface area contributed by atoms with E-state index in [0.29, 0.717) is 38.4 Å². The highest BCUT2D eigenvalue weighted by atomic mass is 79.9. The first-order valence-corrected chi connectivity index (χ1v) is 13.7. The van der Waals surface area contributed by atoms with E-state index in [1.54, 1.807) is 42.5 Å². The van der Waals surface area contributed by atoms with Gasteiger partial charge in [0.2, 0.25) is 0 Å². The number of carbonyl (C=O) groups is 3. The van der Waals surface area contributed by atoms with Crippen LogP contribution < -0.4 is 19.5 Å². The summed E-state index contributed by atoms with van der Waals surface area (Å²) in [5.74, 6) is 0.628. The third kappa shape index (κ3) is 7.56. The Hall–Kier alpha value is -3.47. The van der Waals surface area contributed by atoms with Crippen molar-refractivity contribution >= 4 is 68.1 Å². The molecule has 1 fully saturated rings. The van der Waals surface area contributed by atoms with Gasteiger partial charge >= 0.3 is 0 Å². The van der Waals surface area contributed by atoms with Crippen LogP contribution in [0.5, 0.6) is 17.2 Å². The molecule has 0 bridgehead atoms. The van der Waals surface area contributed by atoms with Crippen molar-refractivity contribution in [2.75, 3.05) is 32.2 Å². The lowest BCUT2D eigenvalue weighted by Crippen LogP contribution is -2.32. The number of nitrogens with one attached hydrogen (secondary N) is 1. The third-order valence-electron chi connectivity index (χ3n) is 5.53. The van der Waals surface area contributed by atoms with Crippen molar-refractivity contribution in [2.24, 2.45) is 0 Å². The molecule has 3 amide bonds. The summed E-state index contributed by atoms with van der Waals surface area (Å²) in [6.07, 6.45) is 1.61. The average Bonchev–Trinajstić information content (AvgIpc) is 3.18. The number of anilines is 1. The molecule has 1 aliphatic rings. The number of carbonyl (C=O) groups excluding carboxylic acids is 3. The van der Waals surface area contributed by atoms with Gasteiger partial charge in [-0.1, -0.05) is 35.4 Å². The smallest absolute Gasteiger partial charge is 0.293 e. The second-order valence-electron chi connectivity index (χ2n) is 8.37. The van der Waals surface area contributed by atoms with E-state index < -0.39 is 0 Å². The van der Waals surface area contributed by atoms with Crippen molar-refractivity contribution in [3.05, 3.63) is 86.2 Å². The average molecular weight is 632 g/mol. The minimum absolute atomic E-state index is 0.139. The number of rotatable bonds is 10. The van der Waals surface area contributed by atoms with Crippen molar-refractivity contribution < 1.29 is 28.6 Å². The zero-order valence-corrected chi connectivity index (χ0v) is 24.2. The Morgan fingerprint density at radius 2 is 1.82 bits per heavy atom. The van der Waals surface area contributed by atoms with Gasteiger partial charge < -0.3 is 19.5 Å². The number of benzene rings is 3. The fourth-order valence-electron chi connectivity index (χ4n) is 3.54. The lowest BCUT2D eigenvalue weighted by atomic mass is 10.2. The number of imide groups is 1. The van der Waals surface area contributed by atoms with Gasteiger partial charge in [-0.25, -0.2) is 0 Å². The van der Waals surface area contributed by atoms with Crippen LogP contribution in [0, 0.1) is 6.92 Å². The Labute approximate surface area is 243 Å². The van der Waals surface area contributed by atoms with Crippen LogP contribution in [0.1, 0.15) is 11.1 Å². The van der Waals surface area contributed by atoms with E-state index in [1.165, 1.54) is 7.11 Å². The maximum Gasteiger partial charge on any atom is 0.293 e. The van der Waals surface area contributed by atoms with Gasteiger partial charge in [0.15, 0.2) is 18.1 Å². The molecule has 3 aromatic carbocycles. The monoisotopic (exact) mass is 630 g/mol. The minimum atomic E-state index is -0.387. The standard InChI is InChI=1S/C28H24BrClN2O6S/c1-17-3-7-20(8-4-17)37-12-11-32-27(34)25(39-28(32)35)14-18-5-10-23(24(13-18)36-2)38-16-26(33)31-19-6-9-21(29)22(30)15-19/h3-10,13-15H,11-12,16H2,1-2H3,(H,31,33)/b25-14-. The predicted molar refractivity (Wildman–Crippen MR) is 156 cm³/mol. The van der Waals surface area contributed by atoms with Crippen LogP contribution in [-0.2, 0) is 9.59 Å². The summed E-state index contributed by atoms with van der Waals surface area (Å²) in [5, 5.41) is 2.83. The molecule has 1 saturated heterocycles. The number of aryl methyl sites for hydroxylation is 1. The minimum Gasteiger partial charge on any atom is -0.493 e. The van der Waals surface area contributed by atoms with E-state index in [9.17, 15) is 14.4 Å². The van der Waals surface area contributed by atoms with Crippen molar-refractivity contribution in [3.8, 4) is 17.2 Å². The number of amides is 3. The van der Waals surface area contributed by atoms with Gasteiger partial charge in [0.1, 0.15) is 12.4 Å². The SMILES string of the molecule is COc1cc(/C=C2\SC(=O)N(CCOc3ccc(C)cc3)C2=O)ccc1OCC(=O)Nc1ccc(Br)c(Cl)c1. The van der Waals surface area contributed by atoms with E-state index in [2.05, 4.69) is 21.2 Å². The van der Waals surface area contributed by atoms with Gasteiger partial charge in [0.05, 0.1) is 23.6 Å². The van der Waals surface area contributed by atoms with Crippen LogP contribution in [0.2, 0.25) is 5.02 Å². The Kier molecular flexibility index (Phi) is 9.55. The molecule has 0 unspecified atom stereocenters. The normalized spacial score (nSPS) is 14.1. The predicted octanol–water partition coefficient (Wildman–Crippen LogP) is 6.55. The number of hydrogen-bond acceptors (Lipinski definition) is 7. The van der Waals surface area contributed by atoms with Crippen molar-refractivity contribution in [3.63, 3.8) is 0 Å². The number of ether oxygens (including phenoxy) is 3. The zero-order chi connectivity index (χ0) is 27.9. The van der Waals surface area contributed by atoms with E-state index in [1.807, 2.05) is 31.2 Å². The lowest BCUT2D eigenvalue weighted by molar-refractivity contribution is -0.123. The second kappa shape index (κ2) is 13.1. The van der Waals surface area contributed by atoms with Crippen molar-refractivity contribution in [1.29, 1.82) is 0 Å². The highest BCUT2D eigenvalue weighted by molar-refractivity contribution is 9.10. The summed E-state index contributed by atoms with van der Waals surface area (Å²) >= 11 is 10.2. The maximum absolute atomic E-state index is 12.8. The van der Waals surface area contributed by atoms with Crippen LogP contribution in [0.15, 0.2) is 70.0 Å². The molecule has 0 radical (unpaired) electrons. The van der Waals surface area contributed by atoms with Crippen molar-refractivity contribution in [1.82, 2.24) is 4.90 Å². The van der Waals surface area contributed by atoms with Crippen LogP contribution in [0.25, 0.3) is 6.08 Å². The number of halogens is 2. The molecule has 0 spiro atoms. The zero-order valence-electron chi connectivity index (χ0n) is 21.0. The molecule has 11 heteroatoms. The fraction of sp³-hybridized carbons (Fsp3) is 0.179. The lowest BCUT2D eigenvalue weighted by Gasteiger charge is -2.13. The van der Waals surface area contributed by atoms with Gasteiger partial charge in [-0.05, 0) is 88.7 Å². The topological polar surface area (TPSA) is 94.2 Å². The van der Waals surface area contributed by atoms with E-state index in [0.717, 1.165) is 26.7 Å². The summed E-state index contributed by atoms with van der Waals surface area (Å²) in [4.78, 5) is 39.1. The summed E-state index contributed by atoms with van der Waals surface area (Å²) in [6.45, 7) is 2.05. The molecule has 0 saturated carbocycles. The summed E-state index contributed by atoms with van der Waals surface area (Å²) in [6, 6.07) is 17.6. The Bertz CT molecular complexity index is 1430. The van der Waals surface area contributed by atoms with Crippen LogP contribution in [0.3, 0.4) is 0 Å². The molecule has 202 valence electrons. The largest absolute Gasteiger partial charge is 0.493 e. The number of methoxy groups -OCH3 is 1. The molecular formula is C28H24BrClN2O6S. The number of nitrogens with zero attached hydrogens (tertiary/aromatic N) is 1. The second-order valence-corrected chi connectivity index (χ2v) is 10.6. The van der Waals surface area contributed by atoms with E-state index in [-0.39, 0.29) is 36.8 Å². The highest BCUT2D eigenvalue weighted by Crippen LogP contribution is 2.34. The highest BCUT2D eigenvalue weighted by Gasteiger charge is 2.34. The first-order valence-electron chi connectivity index (χ1n) is 11.7. The van der Waals surface area contributed by atoms with Crippen LogP contribution in [0.4, 0.5) is 10.5 Å². The van der Waals surface area contributed by atoms with Gasteiger partial charge in [-0.15, -0.1) is 0 Å². The molecule has 1 N–H and O–H groups in total. The van der Waals surface area contributed by atoms with Gasteiger partial charge in [-0.2, -0.15) is 0 Å². The summed E-state index contributed by atoms with van der Waals surface area (Å²) in [7, 11) is 1.47. The summed E-state index contributed by atoms with van der Waals surface area (Å²) in [5.41, 5.74) is 2.28. The van der Waals surface area contributed by atoms with E-state index in [4.69, 9.17) is 25.8 Å². The molecule has 8 nitrogen and oxygen atoms in total. The first kappa shape index (κ1) is 28.5. The van der Waals surface area contributed by atoms with E-state index >= 15 is 0 Å². The molecule has 3 aromatic rings. The molecule has 4 rings (SSSR count).